The first kappa shape index (κ1) is 7.71. The molecule has 1 aliphatic heterocycles. The van der Waals surface area contributed by atoms with Crippen molar-refractivity contribution in [2.24, 2.45) is 0 Å². The van der Waals surface area contributed by atoms with E-state index in [2.05, 4.69) is 10.3 Å². The zero-order chi connectivity index (χ0) is 8.39. The summed E-state index contributed by atoms with van der Waals surface area (Å²) in [4.78, 5) is 4.34. The van der Waals surface area contributed by atoms with Crippen LogP contribution in [0.2, 0.25) is 0 Å². The van der Waals surface area contributed by atoms with Crippen molar-refractivity contribution in [2.45, 2.75) is 19.6 Å². The number of hydrogen-bond donors (Lipinski definition) is 2. The molecule has 1 aromatic rings. The van der Waals surface area contributed by atoms with Crippen LogP contribution in [-0.4, -0.2) is 16.6 Å². The highest BCUT2D eigenvalue weighted by Gasteiger charge is 2.09. The summed E-state index contributed by atoms with van der Waals surface area (Å²) in [5.74, 6) is 0. The zero-order valence-corrected chi connectivity index (χ0v) is 6.88. The molecule has 3 heteroatoms. The normalized spacial score (nSPS) is 15.8. The monoisotopic (exact) mass is 164 g/mol. The molecule has 0 radical (unpaired) electrons. The lowest BCUT2D eigenvalue weighted by atomic mass is 10.1. The van der Waals surface area contributed by atoms with Gasteiger partial charge in [0.15, 0.2) is 0 Å². The Hall–Kier alpha value is -0.930. The van der Waals surface area contributed by atoms with Gasteiger partial charge in [-0.05, 0) is 11.6 Å². The van der Waals surface area contributed by atoms with E-state index in [1.165, 1.54) is 5.56 Å². The molecular weight excluding hydrogens is 152 g/mol. The van der Waals surface area contributed by atoms with E-state index in [-0.39, 0.29) is 6.61 Å². The van der Waals surface area contributed by atoms with Crippen LogP contribution in [-0.2, 0) is 19.6 Å². The Morgan fingerprint density at radius 1 is 1.50 bits per heavy atom. The third-order valence-electron chi connectivity index (χ3n) is 2.14. The second-order valence-corrected chi connectivity index (χ2v) is 2.99. The molecule has 0 aromatic carbocycles. The summed E-state index contributed by atoms with van der Waals surface area (Å²) in [7, 11) is 0. The number of aliphatic hydroxyl groups is 1. The topological polar surface area (TPSA) is 45.2 Å². The number of aromatic nitrogens is 1. The Bertz CT molecular complexity index is 286. The van der Waals surface area contributed by atoms with Gasteiger partial charge in [-0.2, -0.15) is 0 Å². The third-order valence-corrected chi connectivity index (χ3v) is 2.14. The van der Waals surface area contributed by atoms with E-state index in [4.69, 9.17) is 5.11 Å². The Morgan fingerprint density at radius 3 is 3.25 bits per heavy atom. The smallest absolute Gasteiger partial charge is 0.0853 e. The first-order chi connectivity index (χ1) is 5.90. The van der Waals surface area contributed by atoms with Crippen LogP contribution in [0.3, 0.4) is 0 Å². The fraction of sp³-hybridized carbons (Fsp3) is 0.444. The average Bonchev–Trinajstić information content (AvgIpc) is 2.17. The Labute approximate surface area is 71.4 Å². The van der Waals surface area contributed by atoms with Gasteiger partial charge in [-0.1, -0.05) is 6.07 Å². The summed E-state index contributed by atoms with van der Waals surface area (Å²) in [6.45, 7) is 1.95. The van der Waals surface area contributed by atoms with Crippen LogP contribution in [0.25, 0.3) is 0 Å². The second kappa shape index (κ2) is 3.21. The lowest BCUT2D eigenvalue weighted by Crippen LogP contribution is -2.24. The molecule has 0 bridgehead atoms. The van der Waals surface area contributed by atoms with Gasteiger partial charge >= 0.3 is 0 Å². The molecule has 1 aromatic heterocycles. The molecule has 12 heavy (non-hydrogen) atoms. The number of fused-ring (bicyclic) bond motifs is 1. The highest BCUT2D eigenvalue weighted by Crippen LogP contribution is 2.11. The average molecular weight is 164 g/mol. The highest BCUT2D eigenvalue weighted by atomic mass is 16.3. The molecule has 0 amide bonds. The molecule has 3 nitrogen and oxygen atoms in total. The minimum Gasteiger partial charge on any atom is -0.390 e. The fourth-order valence-corrected chi connectivity index (χ4v) is 1.47. The molecule has 0 saturated heterocycles. The maximum absolute atomic E-state index is 8.86. The molecule has 0 saturated carbocycles. The van der Waals surface area contributed by atoms with Crippen molar-refractivity contribution in [3.63, 3.8) is 0 Å². The van der Waals surface area contributed by atoms with E-state index in [1.54, 1.807) is 0 Å². The summed E-state index contributed by atoms with van der Waals surface area (Å²) < 4.78 is 0. The molecule has 0 aliphatic carbocycles. The largest absolute Gasteiger partial charge is 0.390 e. The molecule has 1 aliphatic rings. The van der Waals surface area contributed by atoms with Gasteiger partial charge in [-0.3, -0.25) is 4.98 Å². The summed E-state index contributed by atoms with van der Waals surface area (Å²) in [6, 6.07) is 3.92. The van der Waals surface area contributed by atoms with E-state index >= 15 is 0 Å². The lowest BCUT2D eigenvalue weighted by Gasteiger charge is -2.16. The van der Waals surface area contributed by atoms with E-state index in [1.807, 2.05) is 12.1 Å². The van der Waals surface area contributed by atoms with Crippen molar-refractivity contribution >= 4 is 0 Å². The Morgan fingerprint density at radius 2 is 2.42 bits per heavy atom. The van der Waals surface area contributed by atoms with Gasteiger partial charge in [-0.15, -0.1) is 0 Å². The molecule has 0 unspecified atom stereocenters. The maximum atomic E-state index is 8.86. The number of aliphatic hydroxyl groups excluding tert-OH is 1. The van der Waals surface area contributed by atoms with Crippen LogP contribution >= 0.6 is 0 Å². The number of hydrogen-bond acceptors (Lipinski definition) is 3. The Kier molecular flexibility index (Phi) is 2.06. The predicted molar refractivity (Wildman–Crippen MR) is 45.6 cm³/mol. The van der Waals surface area contributed by atoms with Crippen LogP contribution < -0.4 is 5.32 Å². The van der Waals surface area contributed by atoms with Gasteiger partial charge < -0.3 is 10.4 Å². The number of pyridine rings is 1. The molecule has 0 fully saturated rings. The van der Waals surface area contributed by atoms with E-state index in [0.29, 0.717) is 0 Å². The fourth-order valence-electron chi connectivity index (χ4n) is 1.47. The zero-order valence-electron chi connectivity index (χ0n) is 6.88. The standard InChI is InChI=1S/C9H12N2O/c12-6-8-2-1-7-5-10-4-3-9(7)11-8/h1-2,10,12H,3-6H2. The number of nitrogens with one attached hydrogen (secondary N) is 1. The minimum absolute atomic E-state index is 0.0424. The van der Waals surface area contributed by atoms with Crippen LogP contribution in [0.15, 0.2) is 12.1 Å². The van der Waals surface area contributed by atoms with Gasteiger partial charge in [0.25, 0.3) is 0 Å². The van der Waals surface area contributed by atoms with Gasteiger partial charge in [-0.25, -0.2) is 0 Å². The molecular formula is C9H12N2O. The van der Waals surface area contributed by atoms with Crippen molar-refractivity contribution in [2.75, 3.05) is 6.54 Å². The predicted octanol–water partition coefficient (Wildman–Crippen LogP) is 0.220. The summed E-state index contributed by atoms with van der Waals surface area (Å²) in [6.07, 6.45) is 0.975. The maximum Gasteiger partial charge on any atom is 0.0853 e. The van der Waals surface area contributed by atoms with E-state index in [9.17, 15) is 0 Å². The highest BCUT2D eigenvalue weighted by molar-refractivity contribution is 5.24. The van der Waals surface area contributed by atoms with Crippen molar-refractivity contribution in [3.05, 3.63) is 29.1 Å². The lowest BCUT2D eigenvalue weighted by molar-refractivity contribution is 0.276. The molecule has 64 valence electrons. The van der Waals surface area contributed by atoms with Gasteiger partial charge in [0, 0.05) is 25.2 Å². The first-order valence-corrected chi connectivity index (χ1v) is 4.19. The van der Waals surface area contributed by atoms with Crippen LogP contribution in [0.1, 0.15) is 17.0 Å². The molecule has 2 rings (SSSR count). The molecule has 2 heterocycles. The van der Waals surface area contributed by atoms with Crippen molar-refractivity contribution in [3.8, 4) is 0 Å². The third kappa shape index (κ3) is 1.33. The van der Waals surface area contributed by atoms with Crippen LogP contribution in [0.5, 0.6) is 0 Å². The Balaban J connectivity index is 2.36. The summed E-state index contributed by atoms with van der Waals surface area (Å²) in [5.41, 5.74) is 3.18. The van der Waals surface area contributed by atoms with E-state index in [0.717, 1.165) is 30.9 Å². The van der Waals surface area contributed by atoms with Crippen LogP contribution in [0, 0.1) is 0 Å². The SMILES string of the molecule is OCc1ccc2c(n1)CCNC2. The van der Waals surface area contributed by atoms with Gasteiger partial charge in [0.2, 0.25) is 0 Å². The van der Waals surface area contributed by atoms with Gasteiger partial charge in [0.1, 0.15) is 0 Å². The quantitative estimate of drug-likeness (QED) is 0.624. The van der Waals surface area contributed by atoms with E-state index < -0.39 is 0 Å². The summed E-state index contributed by atoms with van der Waals surface area (Å²) in [5, 5.41) is 12.1. The van der Waals surface area contributed by atoms with Crippen LogP contribution in [0.4, 0.5) is 0 Å². The minimum atomic E-state index is 0.0424. The number of rotatable bonds is 1. The first-order valence-electron chi connectivity index (χ1n) is 4.19. The molecule has 2 N–H and O–H groups in total. The molecule has 0 atom stereocenters. The number of nitrogens with zero attached hydrogens (tertiary/aromatic N) is 1. The van der Waals surface area contributed by atoms with Crippen molar-refractivity contribution in [1.82, 2.24) is 10.3 Å². The molecule has 0 spiro atoms. The summed E-state index contributed by atoms with van der Waals surface area (Å²) >= 11 is 0. The van der Waals surface area contributed by atoms with Crippen molar-refractivity contribution < 1.29 is 5.11 Å². The second-order valence-electron chi connectivity index (χ2n) is 2.99. The van der Waals surface area contributed by atoms with Gasteiger partial charge in [0.05, 0.1) is 12.3 Å². The van der Waals surface area contributed by atoms with Crippen molar-refractivity contribution in [1.29, 1.82) is 0 Å².